The third-order valence-corrected chi connectivity index (χ3v) is 5.07. The number of aryl methyl sites for hydroxylation is 1. The average molecular weight is 329 g/mol. The molecule has 1 aliphatic heterocycles. The van der Waals surface area contributed by atoms with Crippen molar-refractivity contribution in [1.82, 2.24) is 10.2 Å². The molecule has 1 aliphatic carbocycles. The molecular formula is C19H27N3O2. The van der Waals surface area contributed by atoms with Gasteiger partial charge >= 0.3 is 0 Å². The number of hydrogen-bond donors (Lipinski definition) is 2. The molecular weight excluding hydrogens is 302 g/mol. The van der Waals surface area contributed by atoms with Crippen LogP contribution in [0.15, 0.2) is 18.2 Å². The van der Waals surface area contributed by atoms with E-state index >= 15 is 0 Å². The number of anilines is 1. The summed E-state index contributed by atoms with van der Waals surface area (Å²) in [7, 11) is 0. The highest BCUT2D eigenvalue weighted by Crippen LogP contribution is 2.30. The maximum Gasteiger partial charge on any atom is 0.240 e. The lowest BCUT2D eigenvalue weighted by molar-refractivity contribution is -0.136. The zero-order chi connectivity index (χ0) is 16.9. The quantitative estimate of drug-likeness (QED) is 0.837. The Kier molecular flexibility index (Phi) is 5.38. The zero-order valence-corrected chi connectivity index (χ0v) is 14.2. The molecule has 0 unspecified atom stereocenters. The first-order chi connectivity index (χ1) is 11.6. The number of nitrogens with zero attached hydrogens (tertiary/aromatic N) is 1. The maximum atomic E-state index is 12.5. The van der Waals surface area contributed by atoms with Crippen molar-refractivity contribution in [1.29, 1.82) is 0 Å². The van der Waals surface area contributed by atoms with E-state index in [0.717, 1.165) is 50.6 Å². The largest absolute Gasteiger partial charge is 0.399 e. The second-order valence-corrected chi connectivity index (χ2v) is 6.95. The zero-order valence-electron chi connectivity index (χ0n) is 14.2. The Morgan fingerprint density at radius 3 is 2.88 bits per heavy atom. The fourth-order valence-corrected chi connectivity index (χ4v) is 3.78. The third-order valence-electron chi connectivity index (χ3n) is 5.07. The smallest absolute Gasteiger partial charge is 0.240 e. The van der Waals surface area contributed by atoms with Gasteiger partial charge in [-0.3, -0.25) is 9.59 Å². The molecule has 1 saturated heterocycles. The van der Waals surface area contributed by atoms with E-state index in [2.05, 4.69) is 5.32 Å². The maximum absolute atomic E-state index is 12.5. The van der Waals surface area contributed by atoms with Crippen molar-refractivity contribution in [3.8, 4) is 0 Å². The van der Waals surface area contributed by atoms with Crippen molar-refractivity contribution >= 4 is 17.5 Å². The predicted octanol–water partition coefficient (Wildman–Crippen LogP) is 2.56. The van der Waals surface area contributed by atoms with Gasteiger partial charge in [0.1, 0.15) is 0 Å². The first-order valence-electron chi connectivity index (χ1n) is 9.09. The molecule has 0 saturated carbocycles. The summed E-state index contributed by atoms with van der Waals surface area (Å²) in [5, 5.41) is 3.12. The molecule has 1 atom stereocenters. The second-order valence-electron chi connectivity index (χ2n) is 6.95. The first kappa shape index (κ1) is 16.8. The van der Waals surface area contributed by atoms with Gasteiger partial charge in [0.25, 0.3) is 0 Å². The molecule has 0 bridgehead atoms. The van der Waals surface area contributed by atoms with E-state index < -0.39 is 0 Å². The van der Waals surface area contributed by atoms with E-state index in [4.69, 9.17) is 5.73 Å². The molecule has 0 radical (unpaired) electrons. The number of nitrogen functional groups attached to an aromatic ring is 1. The SMILES string of the molecule is Nc1ccc2c(c1)CCC[C@@H]2NC(=O)CN1CCCCCCC1=O. The van der Waals surface area contributed by atoms with Gasteiger partial charge in [0, 0.05) is 18.7 Å². The number of amides is 2. The molecule has 1 fully saturated rings. The highest BCUT2D eigenvalue weighted by molar-refractivity contribution is 5.85. The van der Waals surface area contributed by atoms with Crippen LogP contribution in [0.5, 0.6) is 0 Å². The molecule has 2 amide bonds. The van der Waals surface area contributed by atoms with Gasteiger partial charge in [-0.05, 0) is 55.4 Å². The molecule has 3 rings (SSSR count). The van der Waals surface area contributed by atoms with Crippen molar-refractivity contribution in [2.45, 2.75) is 57.4 Å². The minimum atomic E-state index is -0.0569. The monoisotopic (exact) mass is 329 g/mol. The normalized spacial score (nSPS) is 21.6. The Balaban J connectivity index is 1.62. The topological polar surface area (TPSA) is 75.4 Å². The lowest BCUT2D eigenvalue weighted by Gasteiger charge is -2.29. The second kappa shape index (κ2) is 7.69. The van der Waals surface area contributed by atoms with Gasteiger partial charge in [-0.2, -0.15) is 0 Å². The van der Waals surface area contributed by atoms with Crippen LogP contribution in [0.25, 0.3) is 0 Å². The van der Waals surface area contributed by atoms with Crippen LogP contribution in [0.2, 0.25) is 0 Å². The van der Waals surface area contributed by atoms with E-state index in [-0.39, 0.29) is 24.4 Å². The van der Waals surface area contributed by atoms with Crippen LogP contribution in [0.3, 0.4) is 0 Å². The first-order valence-corrected chi connectivity index (χ1v) is 9.09. The van der Waals surface area contributed by atoms with Gasteiger partial charge in [0.15, 0.2) is 0 Å². The summed E-state index contributed by atoms with van der Waals surface area (Å²) in [4.78, 5) is 26.4. The number of hydrogen-bond acceptors (Lipinski definition) is 3. The lowest BCUT2D eigenvalue weighted by Crippen LogP contribution is -2.43. The number of benzene rings is 1. The van der Waals surface area contributed by atoms with Crippen molar-refractivity contribution in [2.24, 2.45) is 0 Å². The van der Waals surface area contributed by atoms with Crippen LogP contribution in [0, 0.1) is 0 Å². The van der Waals surface area contributed by atoms with Crippen LogP contribution in [0.4, 0.5) is 5.69 Å². The van der Waals surface area contributed by atoms with Gasteiger partial charge in [-0.25, -0.2) is 0 Å². The number of carbonyl (C=O) groups excluding carboxylic acids is 2. The highest BCUT2D eigenvalue weighted by Gasteiger charge is 2.24. The third kappa shape index (κ3) is 4.08. The van der Waals surface area contributed by atoms with Crippen molar-refractivity contribution in [2.75, 3.05) is 18.8 Å². The van der Waals surface area contributed by atoms with Gasteiger partial charge in [0.2, 0.25) is 11.8 Å². The number of nitrogens with two attached hydrogens (primary N) is 1. The van der Waals surface area contributed by atoms with Crippen LogP contribution in [-0.2, 0) is 16.0 Å². The molecule has 2 aliphatic rings. The number of carbonyl (C=O) groups is 2. The molecule has 130 valence electrons. The summed E-state index contributed by atoms with van der Waals surface area (Å²) in [5.41, 5.74) is 9.03. The Labute approximate surface area is 143 Å². The molecule has 0 aromatic heterocycles. The molecule has 5 heteroatoms. The number of likely N-dealkylation sites (tertiary alicyclic amines) is 1. The summed E-state index contributed by atoms with van der Waals surface area (Å²) in [6.45, 7) is 0.879. The number of nitrogens with one attached hydrogen (secondary N) is 1. The minimum Gasteiger partial charge on any atom is -0.399 e. The summed E-state index contributed by atoms with van der Waals surface area (Å²) in [6, 6.07) is 5.96. The van der Waals surface area contributed by atoms with Crippen molar-refractivity contribution < 1.29 is 9.59 Å². The number of rotatable bonds is 3. The van der Waals surface area contributed by atoms with E-state index in [0.29, 0.717) is 13.0 Å². The van der Waals surface area contributed by atoms with Crippen LogP contribution in [0.1, 0.15) is 62.1 Å². The molecule has 24 heavy (non-hydrogen) atoms. The van der Waals surface area contributed by atoms with E-state index in [1.807, 2.05) is 18.2 Å². The van der Waals surface area contributed by atoms with E-state index in [1.54, 1.807) is 4.90 Å². The molecule has 1 heterocycles. The summed E-state index contributed by atoms with van der Waals surface area (Å²) in [5.74, 6) is 0.0558. The Hall–Kier alpha value is -2.04. The average Bonchev–Trinajstić information content (AvgIpc) is 2.54. The Bertz CT molecular complexity index is 615. The van der Waals surface area contributed by atoms with Crippen LogP contribution in [-0.4, -0.2) is 29.8 Å². The fraction of sp³-hybridized carbons (Fsp3) is 0.579. The Morgan fingerprint density at radius 2 is 2.00 bits per heavy atom. The van der Waals surface area contributed by atoms with Gasteiger partial charge < -0.3 is 16.0 Å². The lowest BCUT2D eigenvalue weighted by atomic mass is 9.87. The van der Waals surface area contributed by atoms with Gasteiger partial charge in [-0.1, -0.05) is 18.9 Å². The van der Waals surface area contributed by atoms with Crippen LogP contribution < -0.4 is 11.1 Å². The summed E-state index contributed by atoms with van der Waals surface area (Å²) in [6.07, 6.45) is 7.76. The molecule has 1 aromatic rings. The number of fused-ring (bicyclic) bond motifs is 1. The highest BCUT2D eigenvalue weighted by atomic mass is 16.2. The van der Waals surface area contributed by atoms with E-state index in [1.165, 1.54) is 11.1 Å². The molecule has 0 spiro atoms. The molecule has 1 aromatic carbocycles. The minimum absolute atomic E-state index is 0.0340. The van der Waals surface area contributed by atoms with Crippen molar-refractivity contribution in [3.05, 3.63) is 29.3 Å². The van der Waals surface area contributed by atoms with E-state index in [9.17, 15) is 9.59 Å². The fourth-order valence-electron chi connectivity index (χ4n) is 3.78. The van der Waals surface area contributed by atoms with Gasteiger partial charge in [0.05, 0.1) is 12.6 Å². The van der Waals surface area contributed by atoms with Crippen LogP contribution >= 0.6 is 0 Å². The standard InChI is InChI=1S/C19H27N3O2/c20-15-9-10-16-14(12-15)6-5-7-17(16)21-18(23)13-22-11-4-2-1-3-8-19(22)24/h9-10,12,17H,1-8,11,13,20H2,(H,21,23)/t17-/m0/s1. The van der Waals surface area contributed by atoms with Crippen molar-refractivity contribution in [3.63, 3.8) is 0 Å². The summed E-state index contributed by atoms with van der Waals surface area (Å²) >= 11 is 0. The summed E-state index contributed by atoms with van der Waals surface area (Å²) < 4.78 is 0. The molecule has 5 nitrogen and oxygen atoms in total. The Morgan fingerprint density at radius 1 is 1.17 bits per heavy atom. The molecule has 3 N–H and O–H groups in total. The predicted molar refractivity (Wildman–Crippen MR) is 94.3 cm³/mol. The van der Waals surface area contributed by atoms with Gasteiger partial charge in [-0.15, -0.1) is 0 Å².